The van der Waals surface area contributed by atoms with Gasteiger partial charge in [-0.3, -0.25) is 4.79 Å². The lowest BCUT2D eigenvalue weighted by molar-refractivity contribution is -0.120. The van der Waals surface area contributed by atoms with Gasteiger partial charge in [0, 0.05) is 26.6 Å². The first-order chi connectivity index (χ1) is 5.70. The van der Waals surface area contributed by atoms with Crippen molar-refractivity contribution in [2.75, 3.05) is 20.1 Å². The molecule has 0 aromatic heterocycles. The Morgan fingerprint density at radius 2 is 2.17 bits per heavy atom. The zero-order valence-corrected chi connectivity index (χ0v) is 7.94. The van der Waals surface area contributed by atoms with Gasteiger partial charge in [0.05, 0.1) is 0 Å². The van der Waals surface area contributed by atoms with E-state index in [0.29, 0.717) is 6.42 Å². The van der Waals surface area contributed by atoms with Crippen LogP contribution >= 0.6 is 0 Å². The first-order valence-electron chi connectivity index (χ1n) is 4.28. The van der Waals surface area contributed by atoms with Gasteiger partial charge in [0.15, 0.2) is 0 Å². The van der Waals surface area contributed by atoms with Gasteiger partial charge in [-0.1, -0.05) is 19.1 Å². The molecule has 0 atom stereocenters. The second-order valence-corrected chi connectivity index (χ2v) is 2.70. The molecule has 0 aliphatic carbocycles. The van der Waals surface area contributed by atoms with E-state index in [9.17, 15) is 4.79 Å². The Balaban J connectivity index is 3.21. The van der Waals surface area contributed by atoms with Gasteiger partial charge in [-0.05, 0) is 6.42 Å². The Morgan fingerprint density at radius 3 is 2.67 bits per heavy atom. The average molecular weight is 170 g/mol. The summed E-state index contributed by atoms with van der Waals surface area (Å²) < 4.78 is 0. The molecule has 0 spiro atoms. The van der Waals surface area contributed by atoms with Crippen LogP contribution in [0, 0.1) is 0 Å². The molecular weight excluding hydrogens is 152 g/mol. The monoisotopic (exact) mass is 170 g/mol. The molecule has 12 heavy (non-hydrogen) atoms. The van der Waals surface area contributed by atoms with Crippen molar-refractivity contribution in [1.29, 1.82) is 0 Å². The number of nitrogens with one attached hydrogen (secondary N) is 2. The van der Waals surface area contributed by atoms with Crippen molar-refractivity contribution < 1.29 is 4.79 Å². The molecule has 0 saturated carbocycles. The standard InChI is InChI=1S/C9H18N2O/c1-4-8(2)7-11-6-5-9(12)10-3/h11H,2,4-7H2,1,3H3,(H,10,12). The molecule has 1 amide bonds. The Bertz CT molecular complexity index is 137. The minimum Gasteiger partial charge on any atom is -0.359 e. The van der Waals surface area contributed by atoms with Gasteiger partial charge in [0.25, 0.3) is 0 Å². The van der Waals surface area contributed by atoms with Crippen LogP contribution < -0.4 is 10.6 Å². The predicted octanol–water partition coefficient (Wildman–Crippen LogP) is 0.678. The van der Waals surface area contributed by atoms with E-state index in [4.69, 9.17) is 0 Å². The maximum Gasteiger partial charge on any atom is 0.221 e. The summed E-state index contributed by atoms with van der Waals surface area (Å²) in [5.74, 6) is 0.0737. The second kappa shape index (κ2) is 6.85. The zero-order valence-electron chi connectivity index (χ0n) is 7.94. The average Bonchev–Trinajstić information content (AvgIpc) is 2.11. The van der Waals surface area contributed by atoms with E-state index in [1.54, 1.807) is 7.05 Å². The van der Waals surface area contributed by atoms with Crippen LogP contribution in [-0.4, -0.2) is 26.0 Å². The highest BCUT2D eigenvalue weighted by molar-refractivity contribution is 5.75. The Hall–Kier alpha value is -0.830. The predicted molar refractivity (Wildman–Crippen MR) is 51.0 cm³/mol. The van der Waals surface area contributed by atoms with Crippen molar-refractivity contribution in [3.63, 3.8) is 0 Å². The van der Waals surface area contributed by atoms with Gasteiger partial charge in [-0.15, -0.1) is 0 Å². The first kappa shape index (κ1) is 11.2. The van der Waals surface area contributed by atoms with E-state index >= 15 is 0 Å². The van der Waals surface area contributed by atoms with Crippen LogP contribution in [0.3, 0.4) is 0 Å². The normalized spacial score (nSPS) is 9.50. The highest BCUT2D eigenvalue weighted by Gasteiger charge is 1.96. The summed E-state index contributed by atoms with van der Waals surface area (Å²) in [6, 6.07) is 0. The molecule has 0 fully saturated rings. The first-order valence-corrected chi connectivity index (χ1v) is 4.28. The van der Waals surface area contributed by atoms with Crippen molar-refractivity contribution >= 4 is 5.91 Å². The molecular formula is C9H18N2O. The summed E-state index contributed by atoms with van der Waals surface area (Å²) in [4.78, 5) is 10.8. The molecule has 0 rings (SSSR count). The van der Waals surface area contributed by atoms with Crippen molar-refractivity contribution in [3.05, 3.63) is 12.2 Å². The van der Waals surface area contributed by atoms with Crippen LogP contribution in [-0.2, 0) is 4.79 Å². The highest BCUT2D eigenvalue weighted by Crippen LogP contribution is 1.92. The van der Waals surface area contributed by atoms with Crippen molar-refractivity contribution in [1.82, 2.24) is 10.6 Å². The largest absolute Gasteiger partial charge is 0.359 e. The van der Waals surface area contributed by atoms with Crippen LogP contribution in [0.1, 0.15) is 19.8 Å². The summed E-state index contributed by atoms with van der Waals surface area (Å²) in [5, 5.41) is 5.71. The quantitative estimate of drug-likeness (QED) is 0.454. The summed E-state index contributed by atoms with van der Waals surface area (Å²) in [7, 11) is 1.65. The Kier molecular flexibility index (Phi) is 6.38. The molecule has 0 aliphatic heterocycles. The zero-order chi connectivity index (χ0) is 9.40. The number of carbonyl (C=O) groups excluding carboxylic acids is 1. The van der Waals surface area contributed by atoms with Crippen molar-refractivity contribution in [2.45, 2.75) is 19.8 Å². The minimum absolute atomic E-state index is 0.0737. The molecule has 70 valence electrons. The molecule has 0 aliphatic rings. The molecule has 0 unspecified atom stereocenters. The third-order valence-corrected chi connectivity index (χ3v) is 1.68. The number of hydrogen-bond donors (Lipinski definition) is 2. The van der Waals surface area contributed by atoms with E-state index in [1.807, 2.05) is 0 Å². The topological polar surface area (TPSA) is 41.1 Å². The molecule has 0 radical (unpaired) electrons. The lowest BCUT2D eigenvalue weighted by atomic mass is 10.2. The fourth-order valence-electron chi connectivity index (χ4n) is 0.717. The number of hydrogen-bond acceptors (Lipinski definition) is 2. The van der Waals surface area contributed by atoms with Gasteiger partial charge >= 0.3 is 0 Å². The number of carbonyl (C=O) groups is 1. The summed E-state index contributed by atoms with van der Waals surface area (Å²) in [6.45, 7) is 7.45. The lowest BCUT2D eigenvalue weighted by Gasteiger charge is -2.04. The maximum absolute atomic E-state index is 10.8. The van der Waals surface area contributed by atoms with E-state index < -0.39 is 0 Å². The third-order valence-electron chi connectivity index (χ3n) is 1.68. The second-order valence-electron chi connectivity index (χ2n) is 2.70. The molecule has 3 heteroatoms. The van der Waals surface area contributed by atoms with Crippen LogP contribution in [0.25, 0.3) is 0 Å². The SMILES string of the molecule is C=C(CC)CNCCC(=O)NC. The minimum atomic E-state index is 0.0737. The molecule has 0 aromatic carbocycles. The molecule has 0 aromatic rings. The molecule has 0 saturated heterocycles. The summed E-state index contributed by atoms with van der Waals surface area (Å²) in [5.41, 5.74) is 1.17. The van der Waals surface area contributed by atoms with Crippen LogP contribution in [0.2, 0.25) is 0 Å². The van der Waals surface area contributed by atoms with E-state index in [-0.39, 0.29) is 5.91 Å². The van der Waals surface area contributed by atoms with Gasteiger partial charge in [0.2, 0.25) is 5.91 Å². The molecule has 0 bridgehead atoms. The van der Waals surface area contributed by atoms with E-state index in [0.717, 1.165) is 19.5 Å². The van der Waals surface area contributed by atoms with Crippen molar-refractivity contribution in [3.8, 4) is 0 Å². The van der Waals surface area contributed by atoms with E-state index in [1.165, 1.54) is 5.57 Å². The lowest BCUT2D eigenvalue weighted by Crippen LogP contribution is -2.25. The van der Waals surface area contributed by atoms with E-state index in [2.05, 4.69) is 24.1 Å². The Morgan fingerprint density at radius 1 is 1.50 bits per heavy atom. The van der Waals surface area contributed by atoms with Crippen LogP contribution in [0.15, 0.2) is 12.2 Å². The van der Waals surface area contributed by atoms with Crippen molar-refractivity contribution in [2.24, 2.45) is 0 Å². The van der Waals surface area contributed by atoms with Crippen LogP contribution in [0.4, 0.5) is 0 Å². The summed E-state index contributed by atoms with van der Waals surface area (Å²) in [6.07, 6.45) is 1.53. The number of rotatable bonds is 6. The van der Waals surface area contributed by atoms with Gasteiger partial charge < -0.3 is 10.6 Å². The summed E-state index contributed by atoms with van der Waals surface area (Å²) >= 11 is 0. The van der Waals surface area contributed by atoms with Crippen LogP contribution in [0.5, 0.6) is 0 Å². The smallest absolute Gasteiger partial charge is 0.221 e. The maximum atomic E-state index is 10.8. The Labute approximate surface area is 74.2 Å². The fraction of sp³-hybridized carbons (Fsp3) is 0.667. The van der Waals surface area contributed by atoms with Gasteiger partial charge in [-0.2, -0.15) is 0 Å². The van der Waals surface area contributed by atoms with Gasteiger partial charge in [-0.25, -0.2) is 0 Å². The number of amides is 1. The molecule has 0 heterocycles. The highest BCUT2D eigenvalue weighted by atomic mass is 16.1. The molecule has 3 nitrogen and oxygen atoms in total. The third kappa shape index (κ3) is 5.92. The molecule has 2 N–H and O–H groups in total. The van der Waals surface area contributed by atoms with Gasteiger partial charge in [0.1, 0.15) is 0 Å². The fourth-order valence-corrected chi connectivity index (χ4v) is 0.717.